The fourth-order valence-corrected chi connectivity index (χ4v) is 4.09. The summed E-state index contributed by atoms with van der Waals surface area (Å²) in [4.78, 5) is 19.2. The average Bonchev–Trinajstić information content (AvgIpc) is 3.21. The molecule has 140 valence electrons. The molecule has 3 rings (SSSR count). The molecule has 1 aromatic rings. The number of amides is 1. The van der Waals surface area contributed by atoms with Crippen molar-refractivity contribution >= 4 is 5.91 Å². The number of ether oxygens (including phenoxy) is 1. The molecule has 2 atom stereocenters. The van der Waals surface area contributed by atoms with Crippen molar-refractivity contribution in [3.05, 3.63) is 11.6 Å². The van der Waals surface area contributed by atoms with E-state index in [2.05, 4.69) is 32.3 Å². The van der Waals surface area contributed by atoms with Crippen LogP contribution in [0.3, 0.4) is 0 Å². The van der Waals surface area contributed by atoms with Gasteiger partial charge in [-0.05, 0) is 32.1 Å². The van der Waals surface area contributed by atoms with Crippen molar-refractivity contribution in [2.75, 3.05) is 26.3 Å². The maximum atomic E-state index is 12.4. The molecule has 2 saturated heterocycles. The molecule has 0 unspecified atom stereocenters. The summed E-state index contributed by atoms with van der Waals surface area (Å²) in [5, 5.41) is 10.2. The lowest BCUT2D eigenvalue weighted by molar-refractivity contribution is -0.122. The van der Waals surface area contributed by atoms with Crippen LogP contribution in [0, 0.1) is 12.8 Å². The zero-order valence-electron chi connectivity index (χ0n) is 15.5. The van der Waals surface area contributed by atoms with Gasteiger partial charge < -0.3 is 10.1 Å². The van der Waals surface area contributed by atoms with Crippen molar-refractivity contribution in [1.29, 1.82) is 0 Å². The summed E-state index contributed by atoms with van der Waals surface area (Å²) >= 11 is 0. The highest BCUT2D eigenvalue weighted by Gasteiger charge is 2.36. The van der Waals surface area contributed by atoms with Crippen LogP contribution in [0.1, 0.15) is 50.7 Å². The molecule has 2 aliphatic rings. The number of H-pyrrole nitrogens is 1. The van der Waals surface area contributed by atoms with Gasteiger partial charge in [0.2, 0.25) is 5.91 Å². The smallest absolute Gasteiger partial charge is 0.220 e. The van der Waals surface area contributed by atoms with Gasteiger partial charge in [-0.2, -0.15) is 5.10 Å². The standard InChI is InChI=1S/C18H31N5O2/c1-3-4-14-11-23(15-7-9-25-10-8-15)12-16(14)20-18(24)6-5-17-19-13(2)21-22-17/h14-16H,3-12H2,1-2H3,(H,20,24)(H,19,21,22)/t14-,16-/m1/s1. The second-order valence-electron chi connectivity index (χ2n) is 7.36. The molecule has 1 aromatic heterocycles. The van der Waals surface area contributed by atoms with Crippen LogP contribution < -0.4 is 5.32 Å². The van der Waals surface area contributed by atoms with Crippen molar-refractivity contribution in [1.82, 2.24) is 25.4 Å². The monoisotopic (exact) mass is 349 g/mol. The first kappa shape index (κ1) is 18.3. The van der Waals surface area contributed by atoms with Gasteiger partial charge in [0, 0.05) is 51.2 Å². The molecule has 0 saturated carbocycles. The van der Waals surface area contributed by atoms with Crippen molar-refractivity contribution in [3.63, 3.8) is 0 Å². The Bertz CT molecular complexity index is 555. The Hall–Kier alpha value is -1.47. The Balaban J connectivity index is 1.50. The SMILES string of the molecule is CCC[C@@H]1CN(C2CCOCC2)C[C@H]1NC(=O)CCc1n[nH]c(C)n1. The third kappa shape index (κ3) is 5.01. The molecule has 3 heterocycles. The van der Waals surface area contributed by atoms with Crippen molar-refractivity contribution in [3.8, 4) is 0 Å². The van der Waals surface area contributed by atoms with E-state index in [0.29, 0.717) is 30.6 Å². The van der Waals surface area contributed by atoms with Gasteiger partial charge in [-0.1, -0.05) is 13.3 Å². The third-order valence-electron chi connectivity index (χ3n) is 5.40. The van der Waals surface area contributed by atoms with E-state index in [0.717, 1.165) is 51.4 Å². The Morgan fingerprint density at radius 1 is 1.36 bits per heavy atom. The highest BCUT2D eigenvalue weighted by molar-refractivity contribution is 5.76. The lowest BCUT2D eigenvalue weighted by atomic mass is 9.98. The fourth-order valence-electron chi connectivity index (χ4n) is 4.09. The van der Waals surface area contributed by atoms with Crippen LogP contribution in [0.4, 0.5) is 0 Å². The van der Waals surface area contributed by atoms with E-state index in [-0.39, 0.29) is 11.9 Å². The molecule has 2 fully saturated rings. The Labute approximate surface area is 149 Å². The fraction of sp³-hybridized carbons (Fsp3) is 0.833. The summed E-state index contributed by atoms with van der Waals surface area (Å²) in [6, 6.07) is 0.885. The normalized spacial score (nSPS) is 25.4. The second kappa shape index (κ2) is 8.76. The minimum Gasteiger partial charge on any atom is -0.381 e. The van der Waals surface area contributed by atoms with Crippen molar-refractivity contribution in [2.45, 2.75) is 64.5 Å². The van der Waals surface area contributed by atoms with Gasteiger partial charge in [0.25, 0.3) is 0 Å². The van der Waals surface area contributed by atoms with E-state index < -0.39 is 0 Å². The number of carbonyl (C=O) groups excluding carboxylic acids is 1. The van der Waals surface area contributed by atoms with Gasteiger partial charge in [-0.3, -0.25) is 14.8 Å². The van der Waals surface area contributed by atoms with Gasteiger partial charge >= 0.3 is 0 Å². The second-order valence-corrected chi connectivity index (χ2v) is 7.36. The number of aromatic amines is 1. The van der Waals surface area contributed by atoms with Crippen molar-refractivity contribution in [2.24, 2.45) is 5.92 Å². The number of nitrogens with zero attached hydrogens (tertiary/aromatic N) is 3. The van der Waals surface area contributed by atoms with E-state index >= 15 is 0 Å². The summed E-state index contributed by atoms with van der Waals surface area (Å²) in [7, 11) is 0. The maximum absolute atomic E-state index is 12.4. The molecule has 0 aromatic carbocycles. The Morgan fingerprint density at radius 2 is 2.16 bits per heavy atom. The summed E-state index contributed by atoms with van der Waals surface area (Å²) in [6.45, 7) is 7.90. The molecule has 7 nitrogen and oxygen atoms in total. The minimum absolute atomic E-state index is 0.113. The number of likely N-dealkylation sites (tertiary alicyclic amines) is 1. The van der Waals surface area contributed by atoms with Gasteiger partial charge in [-0.25, -0.2) is 4.98 Å². The van der Waals surface area contributed by atoms with E-state index in [1.54, 1.807) is 0 Å². The lowest BCUT2D eigenvalue weighted by Crippen LogP contribution is -2.42. The molecule has 2 N–H and O–H groups in total. The zero-order chi connectivity index (χ0) is 17.6. The van der Waals surface area contributed by atoms with Crippen LogP contribution in [0.25, 0.3) is 0 Å². The minimum atomic E-state index is 0.113. The molecular formula is C18H31N5O2. The van der Waals surface area contributed by atoms with E-state index in [1.165, 1.54) is 6.42 Å². The summed E-state index contributed by atoms with van der Waals surface area (Å²) in [5.41, 5.74) is 0. The summed E-state index contributed by atoms with van der Waals surface area (Å²) in [5.74, 6) is 2.18. The van der Waals surface area contributed by atoms with Crippen LogP contribution in [-0.4, -0.2) is 64.4 Å². The lowest BCUT2D eigenvalue weighted by Gasteiger charge is -2.31. The number of carbonyl (C=O) groups is 1. The van der Waals surface area contributed by atoms with Gasteiger partial charge in [0.1, 0.15) is 5.82 Å². The Kier molecular flexibility index (Phi) is 6.42. The number of hydrogen-bond donors (Lipinski definition) is 2. The number of rotatable bonds is 7. The molecular weight excluding hydrogens is 318 g/mol. The first-order valence-corrected chi connectivity index (χ1v) is 9.64. The van der Waals surface area contributed by atoms with E-state index in [9.17, 15) is 4.79 Å². The highest BCUT2D eigenvalue weighted by atomic mass is 16.5. The zero-order valence-corrected chi connectivity index (χ0v) is 15.5. The van der Waals surface area contributed by atoms with Crippen molar-refractivity contribution < 1.29 is 9.53 Å². The average molecular weight is 349 g/mol. The van der Waals surface area contributed by atoms with Crippen LogP contribution in [-0.2, 0) is 16.0 Å². The molecule has 0 spiro atoms. The molecule has 2 aliphatic heterocycles. The highest BCUT2D eigenvalue weighted by Crippen LogP contribution is 2.27. The largest absolute Gasteiger partial charge is 0.381 e. The number of nitrogens with one attached hydrogen (secondary N) is 2. The number of aromatic nitrogens is 3. The molecule has 25 heavy (non-hydrogen) atoms. The quantitative estimate of drug-likeness (QED) is 0.778. The van der Waals surface area contributed by atoms with Crippen LogP contribution in [0.15, 0.2) is 0 Å². The van der Waals surface area contributed by atoms with E-state index in [4.69, 9.17) is 4.74 Å². The summed E-state index contributed by atoms with van der Waals surface area (Å²) < 4.78 is 5.49. The topological polar surface area (TPSA) is 83.1 Å². The first-order chi connectivity index (χ1) is 12.2. The van der Waals surface area contributed by atoms with Crippen LogP contribution in [0.2, 0.25) is 0 Å². The third-order valence-corrected chi connectivity index (χ3v) is 5.40. The predicted molar refractivity (Wildman–Crippen MR) is 95.2 cm³/mol. The summed E-state index contributed by atoms with van der Waals surface area (Å²) in [6.07, 6.45) is 5.60. The molecule has 0 radical (unpaired) electrons. The maximum Gasteiger partial charge on any atom is 0.220 e. The predicted octanol–water partition coefficient (Wildman–Crippen LogP) is 1.44. The first-order valence-electron chi connectivity index (χ1n) is 9.64. The number of hydrogen-bond acceptors (Lipinski definition) is 5. The van der Waals surface area contributed by atoms with Crippen LogP contribution >= 0.6 is 0 Å². The van der Waals surface area contributed by atoms with Gasteiger partial charge in [0.15, 0.2) is 5.82 Å². The van der Waals surface area contributed by atoms with Gasteiger partial charge in [0.05, 0.1) is 0 Å². The van der Waals surface area contributed by atoms with Crippen LogP contribution in [0.5, 0.6) is 0 Å². The molecule has 1 amide bonds. The van der Waals surface area contributed by atoms with E-state index in [1.807, 2.05) is 6.92 Å². The Morgan fingerprint density at radius 3 is 2.84 bits per heavy atom. The molecule has 0 aliphatic carbocycles. The molecule has 0 bridgehead atoms. The number of aryl methyl sites for hydroxylation is 2. The molecule has 7 heteroatoms. The van der Waals surface area contributed by atoms with Gasteiger partial charge in [-0.15, -0.1) is 0 Å².